The molecule has 1 aromatic rings. The summed E-state index contributed by atoms with van der Waals surface area (Å²) < 4.78 is 23.7. The SMILES string of the molecule is C[C@@H](CCC(=O)N1CCSC[C@H]1S(C)(=O)=O)c1ccccc1. The molecular weight excluding hydrogens is 318 g/mol. The molecule has 0 unspecified atom stereocenters. The first kappa shape index (κ1) is 17.3. The Bertz CT molecular complexity index is 601. The number of carbonyl (C=O) groups is 1. The van der Waals surface area contributed by atoms with Crippen molar-refractivity contribution in [2.45, 2.75) is 31.1 Å². The number of carbonyl (C=O) groups excluding carboxylic acids is 1. The van der Waals surface area contributed by atoms with Crippen molar-refractivity contribution >= 4 is 27.5 Å². The van der Waals surface area contributed by atoms with Crippen LogP contribution in [-0.2, 0) is 14.6 Å². The van der Waals surface area contributed by atoms with E-state index in [0.29, 0.717) is 24.6 Å². The molecule has 1 fully saturated rings. The van der Waals surface area contributed by atoms with Gasteiger partial charge in [0.15, 0.2) is 9.84 Å². The maximum absolute atomic E-state index is 12.4. The summed E-state index contributed by atoms with van der Waals surface area (Å²) in [6.07, 6.45) is 2.35. The van der Waals surface area contributed by atoms with E-state index in [1.54, 1.807) is 16.7 Å². The number of hydrogen-bond acceptors (Lipinski definition) is 4. The van der Waals surface area contributed by atoms with E-state index in [2.05, 4.69) is 19.1 Å². The van der Waals surface area contributed by atoms with Gasteiger partial charge in [-0.3, -0.25) is 4.79 Å². The molecule has 22 heavy (non-hydrogen) atoms. The molecule has 1 amide bonds. The largest absolute Gasteiger partial charge is 0.324 e. The van der Waals surface area contributed by atoms with Crippen molar-refractivity contribution in [3.05, 3.63) is 35.9 Å². The van der Waals surface area contributed by atoms with Crippen LogP contribution in [0.5, 0.6) is 0 Å². The highest BCUT2D eigenvalue weighted by atomic mass is 32.2. The molecule has 0 saturated carbocycles. The average molecular weight is 341 g/mol. The highest BCUT2D eigenvalue weighted by molar-refractivity contribution is 8.00. The molecule has 1 aromatic carbocycles. The maximum atomic E-state index is 12.4. The summed E-state index contributed by atoms with van der Waals surface area (Å²) >= 11 is 1.60. The Morgan fingerprint density at radius 1 is 1.36 bits per heavy atom. The van der Waals surface area contributed by atoms with Crippen LogP contribution in [0.25, 0.3) is 0 Å². The van der Waals surface area contributed by atoms with Crippen molar-refractivity contribution in [2.75, 3.05) is 24.3 Å². The highest BCUT2D eigenvalue weighted by Gasteiger charge is 2.33. The third-order valence-electron chi connectivity index (χ3n) is 4.06. The van der Waals surface area contributed by atoms with Gasteiger partial charge in [0, 0.05) is 30.7 Å². The number of thioether (sulfide) groups is 1. The van der Waals surface area contributed by atoms with Gasteiger partial charge in [-0.2, -0.15) is 11.8 Å². The second-order valence-electron chi connectivity index (χ2n) is 5.80. The van der Waals surface area contributed by atoms with Crippen molar-refractivity contribution in [3.8, 4) is 0 Å². The highest BCUT2D eigenvalue weighted by Crippen LogP contribution is 2.24. The third kappa shape index (κ3) is 4.49. The van der Waals surface area contributed by atoms with Gasteiger partial charge in [-0.15, -0.1) is 0 Å². The number of nitrogens with zero attached hydrogens (tertiary/aromatic N) is 1. The maximum Gasteiger partial charge on any atom is 0.223 e. The Kier molecular flexibility index (Phi) is 5.92. The molecule has 122 valence electrons. The van der Waals surface area contributed by atoms with Gasteiger partial charge in [0.05, 0.1) is 0 Å². The molecule has 0 radical (unpaired) electrons. The van der Waals surface area contributed by atoms with E-state index in [-0.39, 0.29) is 5.91 Å². The minimum atomic E-state index is -3.23. The summed E-state index contributed by atoms with van der Waals surface area (Å²) in [6, 6.07) is 10.1. The molecule has 0 bridgehead atoms. The number of sulfone groups is 1. The van der Waals surface area contributed by atoms with Gasteiger partial charge in [0.1, 0.15) is 5.37 Å². The molecule has 1 saturated heterocycles. The Labute approximate surface area is 137 Å². The Morgan fingerprint density at radius 3 is 2.68 bits per heavy atom. The Balaban J connectivity index is 1.96. The van der Waals surface area contributed by atoms with Crippen molar-refractivity contribution in [1.29, 1.82) is 0 Å². The molecule has 0 aromatic heterocycles. The van der Waals surface area contributed by atoms with Crippen LogP contribution >= 0.6 is 11.8 Å². The minimum absolute atomic E-state index is 0.0430. The van der Waals surface area contributed by atoms with Gasteiger partial charge >= 0.3 is 0 Å². The summed E-state index contributed by atoms with van der Waals surface area (Å²) in [4.78, 5) is 14.0. The van der Waals surface area contributed by atoms with Gasteiger partial charge in [0.2, 0.25) is 5.91 Å². The molecule has 0 aliphatic carbocycles. The number of hydrogen-bond donors (Lipinski definition) is 0. The van der Waals surface area contributed by atoms with Gasteiger partial charge in [-0.25, -0.2) is 8.42 Å². The average Bonchev–Trinajstić information content (AvgIpc) is 2.52. The van der Waals surface area contributed by atoms with Gasteiger partial charge in [0.25, 0.3) is 0 Å². The zero-order chi connectivity index (χ0) is 16.2. The fourth-order valence-electron chi connectivity index (χ4n) is 2.65. The van der Waals surface area contributed by atoms with Gasteiger partial charge in [-0.1, -0.05) is 37.3 Å². The smallest absolute Gasteiger partial charge is 0.223 e. The topological polar surface area (TPSA) is 54.5 Å². The second kappa shape index (κ2) is 7.51. The van der Waals surface area contributed by atoms with Crippen LogP contribution < -0.4 is 0 Å². The molecule has 1 heterocycles. The molecule has 4 nitrogen and oxygen atoms in total. The fraction of sp³-hybridized carbons (Fsp3) is 0.562. The van der Waals surface area contributed by atoms with Crippen LogP contribution in [0.1, 0.15) is 31.2 Å². The summed E-state index contributed by atoms with van der Waals surface area (Å²) in [5.74, 6) is 1.55. The fourth-order valence-corrected chi connectivity index (χ4v) is 5.49. The summed E-state index contributed by atoms with van der Waals surface area (Å²) in [6.45, 7) is 2.63. The van der Waals surface area contributed by atoms with Crippen molar-refractivity contribution < 1.29 is 13.2 Å². The van der Waals surface area contributed by atoms with Crippen LogP contribution in [0.4, 0.5) is 0 Å². The molecule has 2 rings (SSSR count). The van der Waals surface area contributed by atoms with Crippen LogP contribution in [0.15, 0.2) is 30.3 Å². The van der Waals surface area contributed by atoms with E-state index in [4.69, 9.17) is 0 Å². The molecule has 1 aliphatic heterocycles. The van der Waals surface area contributed by atoms with E-state index >= 15 is 0 Å². The number of amides is 1. The summed E-state index contributed by atoms with van der Waals surface area (Å²) in [5, 5.41) is -0.661. The van der Waals surface area contributed by atoms with Crippen LogP contribution in [0.2, 0.25) is 0 Å². The molecule has 0 N–H and O–H groups in total. The summed E-state index contributed by atoms with van der Waals surface area (Å²) in [5.41, 5.74) is 1.21. The third-order valence-corrected chi connectivity index (χ3v) is 6.70. The van der Waals surface area contributed by atoms with Crippen molar-refractivity contribution in [2.24, 2.45) is 0 Å². The quantitative estimate of drug-likeness (QED) is 0.826. The zero-order valence-electron chi connectivity index (χ0n) is 13.1. The van der Waals surface area contributed by atoms with Crippen molar-refractivity contribution in [3.63, 3.8) is 0 Å². The zero-order valence-corrected chi connectivity index (χ0v) is 14.7. The Morgan fingerprint density at radius 2 is 2.05 bits per heavy atom. The standard InChI is InChI=1S/C16H23NO3S2/c1-13(14-6-4-3-5-7-14)8-9-15(18)17-10-11-21-12-16(17)22(2,19)20/h3-7,13,16H,8-12H2,1-2H3/t13-,16+/m0/s1. The minimum Gasteiger partial charge on any atom is -0.324 e. The molecule has 2 atom stereocenters. The van der Waals surface area contributed by atoms with E-state index in [1.165, 1.54) is 11.8 Å². The molecule has 1 aliphatic rings. The summed E-state index contributed by atoms with van der Waals surface area (Å²) in [7, 11) is -3.23. The van der Waals surface area contributed by atoms with E-state index in [1.807, 2.05) is 18.2 Å². The Hall–Kier alpha value is -1.01. The van der Waals surface area contributed by atoms with Gasteiger partial charge in [-0.05, 0) is 17.9 Å². The van der Waals surface area contributed by atoms with E-state index in [0.717, 1.165) is 12.2 Å². The molecule has 6 heteroatoms. The van der Waals surface area contributed by atoms with Gasteiger partial charge < -0.3 is 4.90 Å². The van der Waals surface area contributed by atoms with E-state index < -0.39 is 15.2 Å². The lowest BCUT2D eigenvalue weighted by molar-refractivity contribution is -0.131. The van der Waals surface area contributed by atoms with E-state index in [9.17, 15) is 13.2 Å². The van der Waals surface area contributed by atoms with Crippen LogP contribution in [-0.4, -0.2) is 48.9 Å². The first-order valence-corrected chi connectivity index (χ1v) is 10.6. The predicted octanol–water partition coefficient (Wildman–Crippen LogP) is 2.52. The first-order valence-electron chi connectivity index (χ1n) is 7.50. The number of rotatable bonds is 5. The molecular formula is C16H23NO3S2. The normalized spacial score (nSPS) is 20.6. The predicted molar refractivity (Wildman–Crippen MR) is 91.8 cm³/mol. The first-order chi connectivity index (χ1) is 10.4. The monoisotopic (exact) mass is 341 g/mol. The second-order valence-corrected chi connectivity index (χ2v) is 9.15. The lowest BCUT2D eigenvalue weighted by atomic mass is 9.96. The lowest BCUT2D eigenvalue weighted by Gasteiger charge is -2.34. The van der Waals surface area contributed by atoms with Crippen molar-refractivity contribution in [1.82, 2.24) is 4.90 Å². The van der Waals surface area contributed by atoms with Crippen LogP contribution in [0.3, 0.4) is 0 Å². The lowest BCUT2D eigenvalue weighted by Crippen LogP contribution is -2.49. The van der Waals surface area contributed by atoms with Crippen LogP contribution in [0, 0.1) is 0 Å². The molecule has 0 spiro atoms. The number of benzene rings is 1.